The van der Waals surface area contributed by atoms with Gasteiger partial charge in [0.05, 0.1) is 28.9 Å². The number of carbonyl (C=O) groups is 1. The van der Waals surface area contributed by atoms with Crippen molar-refractivity contribution in [1.82, 2.24) is 25.3 Å². The number of amides is 1. The molecule has 3 rings (SSSR count). The van der Waals surface area contributed by atoms with Crippen LogP contribution < -0.4 is 5.32 Å². The molecule has 1 N–H and O–H groups in total. The van der Waals surface area contributed by atoms with Gasteiger partial charge in [-0.15, -0.1) is 5.10 Å². The molecule has 0 unspecified atom stereocenters. The third-order valence-corrected chi connectivity index (χ3v) is 4.00. The molecule has 2 aromatic heterocycles. The van der Waals surface area contributed by atoms with Crippen LogP contribution in [0.5, 0.6) is 0 Å². The number of nitrogens with one attached hydrogen (secondary N) is 1. The molecular formula is C16H10Cl2F3N5O. The Morgan fingerprint density at radius 3 is 2.63 bits per heavy atom. The Hall–Kier alpha value is -2.65. The van der Waals surface area contributed by atoms with Crippen molar-refractivity contribution in [2.45, 2.75) is 12.7 Å². The molecule has 0 fully saturated rings. The number of hydrogen-bond donors (Lipinski definition) is 1. The van der Waals surface area contributed by atoms with E-state index in [-0.39, 0.29) is 17.1 Å². The lowest BCUT2D eigenvalue weighted by Gasteiger charge is -2.09. The smallest absolute Gasteiger partial charge is 0.346 e. The third-order valence-electron chi connectivity index (χ3n) is 3.45. The number of pyridine rings is 1. The van der Waals surface area contributed by atoms with Crippen LogP contribution in [0.4, 0.5) is 13.2 Å². The van der Waals surface area contributed by atoms with Gasteiger partial charge in [-0.05, 0) is 24.3 Å². The first-order valence-corrected chi connectivity index (χ1v) is 8.18. The number of aromatic nitrogens is 4. The summed E-state index contributed by atoms with van der Waals surface area (Å²) < 4.78 is 39.3. The van der Waals surface area contributed by atoms with Crippen molar-refractivity contribution in [3.63, 3.8) is 0 Å². The molecule has 0 aliphatic carbocycles. The van der Waals surface area contributed by atoms with E-state index in [4.69, 9.17) is 23.2 Å². The van der Waals surface area contributed by atoms with Gasteiger partial charge in [0, 0.05) is 17.3 Å². The second kappa shape index (κ2) is 7.53. The third kappa shape index (κ3) is 4.55. The van der Waals surface area contributed by atoms with Crippen LogP contribution in [0.15, 0.2) is 42.7 Å². The maximum atomic E-state index is 12.6. The van der Waals surface area contributed by atoms with E-state index in [1.54, 1.807) is 12.1 Å². The van der Waals surface area contributed by atoms with Gasteiger partial charge < -0.3 is 5.32 Å². The molecule has 11 heteroatoms. The second-order valence-electron chi connectivity index (χ2n) is 5.36. The lowest BCUT2D eigenvalue weighted by atomic mass is 10.1. The molecule has 0 aliphatic rings. The monoisotopic (exact) mass is 415 g/mol. The van der Waals surface area contributed by atoms with Crippen molar-refractivity contribution >= 4 is 29.1 Å². The minimum absolute atomic E-state index is 0.00322. The first-order valence-electron chi connectivity index (χ1n) is 7.42. The second-order valence-corrected chi connectivity index (χ2v) is 6.21. The summed E-state index contributed by atoms with van der Waals surface area (Å²) in [5.74, 6) is -0.192. The lowest BCUT2D eigenvalue weighted by molar-refractivity contribution is -0.137. The number of benzene rings is 1. The van der Waals surface area contributed by atoms with E-state index in [1.807, 2.05) is 0 Å². The summed E-state index contributed by atoms with van der Waals surface area (Å²) in [6.45, 7) is -0.00322. The molecule has 0 radical (unpaired) electrons. The van der Waals surface area contributed by atoms with E-state index in [0.29, 0.717) is 22.6 Å². The Bertz CT molecular complexity index is 990. The quantitative estimate of drug-likeness (QED) is 0.700. The topological polar surface area (TPSA) is 72.7 Å². The van der Waals surface area contributed by atoms with Crippen molar-refractivity contribution in [3.8, 4) is 5.82 Å². The molecule has 0 atom stereocenters. The molecular weight excluding hydrogens is 406 g/mol. The molecule has 1 aromatic carbocycles. The summed E-state index contributed by atoms with van der Waals surface area (Å²) in [6, 6.07) is 5.71. The highest BCUT2D eigenvalue weighted by atomic mass is 35.5. The zero-order chi connectivity index (χ0) is 19.6. The normalized spacial score (nSPS) is 11.4. The van der Waals surface area contributed by atoms with E-state index >= 15 is 0 Å². The van der Waals surface area contributed by atoms with Gasteiger partial charge in [-0.1, -0.05) is 28.4 Å². The van der Waals surface area contributed by atoms with Gasteiger partial charge in [0.15, 0.2) is 5.82 Å². The summed E-state index contributed by atoms with van der Waals surface area (Å²) in [4.78, 5) is 16.2. The number of rotatable bonds is 4. The summed E-state index contributed by atoms with van der Waals surface area (Å²) >= 11 is 11.7. The molecule has 6 nitrogen and oxygen atoms in total. The molecule has 140 valence electrons. The van der Waals surface area contributed by atoms with Crippen molar-refractivity contribution in [3.05, 3.63) is 69.6 Å². The molecule has 0 spiro atoms. The number of halogens is 5. The average molecular weight is 416 g/mol. The van der Waals surface area contributed by atoms with Crippen LogP contribution in [0.25, 0.3) is 5.82 Å². The standard InChI is InChI=1S/C16H10Cl2F3N5O/c17-10-3-4-22-14(6-10)26-8-11(24-25-26)7-23-15(27)12-2-1-9(5-13(12)18)16(19,20)21/h1-6,8H,7H2,(H,23,27). The Kier molecular flexibility index (Phi) is 5.33. The number of nitrogens with zero attached hydrogens (tertiary/aromatic N) is 4. The Morgan fingerprint density at radius 2 is 1.96 bits per heavy atom. The van der Waals surface area contributed by atoms with E-state index < -0.39 is 17.6 Å². The van der Waals surface area contributed by atoms with Crippen LogP contribution in [-0.2, 0) is 12.7 Å². The molecule has 1 amide bonds. The average Bonchev–Trinajstić information content (AvgIpc) is 3.08. The van der Waals surface area contributed by atoms with Gasteiger partial charge in [-0.3, -0.25) is 4.79 Å². The fourth-order valence-electron chi connectivity index (χ4n) is 2.15. The van der Waals surface area contributed by atoms with Crippen LogP contribution in [0.3, 0.4) is 0 Å². The summed E-state index contributed by atoms with van der Waals surface area (Å²) in [5, 5.41) is 10.5. The highest BCUT2D eigenvalue weighted by molar-refractivity contribution is 6.33. The van der Waals surface area contributed by atoms with Crippen LogP contribution in [0.1, 0.15) is 21.6 Å². The minimum atomic E-state index is -4.54. The Balaban J connectivity index is 1.68. The predicted octanol–water partition coefficient (Wildman–Crippen LogP) is 3.92. The molecule has 0 saturated carbocycles. The highest BCUT2D eigenvalue weighted by Crippen LogP contribution is 2.32. The van der Waals surface area contributed by atoms with Gasteiger partial charge in [0.2, 0.25) is 0 Å². The molecule has 0 aliphatic heterocycles. The number of alkyl halides is 3. The van der Waals surface area contributed by atoms with E-state index in [0.717, 1.165) is 12.1 Å². The number of hydrogen-bond acceptors (Lipinski definition) is 4. The van der Waals surface area contributed by atoms with Crippen LogP contribution >= 0.6 is 23.2 Å². The van der Waals surface area contributed by atoms with Crippen molar-refractivity contribution in [2.24, 2.45) is 0 Å². The van der Waals surface area contributed by atoms with Gasteiger partial charge in [0.25, 0.3) is 5.91 Å². The van der Waals surface area contributed by atoms with Crippen molar-refractivity contribution in [1.29, 1.82) is 0 Å². The molecule has 27 heavy (non-hydrogen) atoms. The summed E-state index contributed by atoms with van der Waals surface area (Å²) in [6.07, 6.45) is -1.49. The SMILES string of the molecule is O=C(NCc1cn(-c2cc(Cl)ccn2)nn1)c1ccc(C(F)(F)F)cc1Cl. The maximum absolute atomic E-state index is 12.6. The maximum Gasteiger partial charge on any atom is 0.416 e. The van der Waals surface area contributed by atoms with Crippen molar-refractivity contribution in [2.75, 3.05) is 0 Å². The molecule has 0 saturated heterocycles. The first-order chi connectivity index (χ1) is 12.7. The van der Waals surface area contributed by atoms with Gasteiger partial charge >= 0.3 is 6.18 Å². The van der Waals surface area contributed by atoms with Gasteiger partial charge in [-0.2, -0.15) is 13.2 Å². The van der Waals surface area contributed by atoms with Crippen LogP contribution in [-0.4, -0.2) is 25.9 Å². The van der Waals surface area contributed by atoms with Gasteiger partial charge in [0.1, 0.15) is 5.69 Å². The lowest BCUT2D eigenvalue weighted by Crippen LogP contribution is -2.23. The zero-order valence-corrected chi connectivity index (χ0v) is 14.8. The van der Waals surface area contributed by atoms with Crippen LogP contribution in [0, 0.1) is 0 Å². The fraction of sp³-hybridized carbons (Fsp3) is 0.125. The minimum Gasteiger partial charge on any atom is -0.346 e. The van der Waals surface area contributed by atoms with E-state index in [9.17, 15) is 18.0 Å². The zero-order valence-electron chi connectivity index (χ0n) is 13.3. The Morgan fingerprint density at radius 1 is 1.19 bits per heavy atom. The largest absolute Gasteiger partial charge is 0.416 e. The van der Waals surface area contributed by atoms with Crippen molar-refractivity contribution < 1.29 is 18.0 Å². The first kappa shape index (κ1) is 19.1. The predicted molar refractivity (Wildman–Crippen MR) is 91.8 cm³/mol. The number of carbonyl (C=O) groups excluding carboxylic acids is 1. The Labute approximate surface area is 160 Å². The highest BCUT2D eigenvalue weighted by Gasteiger charge is 2.31. The van der Waals surface area contributed by atoms with E-state index in [1.165, 1.54) is 17.1 Å². The molecule has 2 heterocycles. The molecule has 0 bridgehead atoms. The van der Waals surface area contributed by atoms with E-state index in [2.05, 4.69) is 20.6 Å². The summed E-state index contributed by atoms with van der Waals surface area (Å²) in [5.41, 5.74) is -0.595. The fourth-order valence-corrected chi connectivity index (χ4v) is 2.57. The van der Waals surface area contributed by atoms with Gasteiger partial charge in [-0.25, -0.2) is 9.67 Å². The summed E-state index contributed by atoms with van der Waals surface area (Å²) in [7, 11) is 0. The molecule has 3 aromatic rings. The van der Waals surface area contributed by atoms with Crippen LogP contribution in [0.2, 0.25) is 10.0 Å².